The number of hydrogen-bond donors (Lipinski definition) is 2. The normalized spacial score (nSPS) is 14.6. The van der Waals surface area contributed by atoms with Gasteiger partial charge in [0.25, 0.3) is 0 Å². The van der Waals surface area contributed by atoms with Gasteiger partial charge in [0.05, 0.1) is 0 Å². The van der Waals surface area contributed by atoms with Crippen molar-refractivity contribution in [2.24, 2.45) is 0 Å². The standard InChI is InChI=1S/C13H15NO5/c1-7-5-10-11(19-4-3-18-10)6-9(7)12(13(16)17)14-8(2)15/h5-6,12H,3-4H2,1-2H3,(H,14,15)(H,16,17). The number of rotatable bonds is 3. The molecule has 6 nitrogen and oxygen atoms in total. The zero-order chi connectivity index (χ0) is 14.0. The van der Waals surface area contributed by atoms with Crippen LogP contribution >= 0.6 is 0 Å². The Balaban J connectivity index is 2.41. The van der Waals surface area contributed by atoms with Crippen molar-refractivity contribution in [2.75, 3.05) is 13.2 Å². The first kappa shape index (κ1) is 13.2. The number of carbonyl (C=O) groups is 2. The SMILES string of the molecule is CC(=O)NC(C(=O)O)c1cc2c(cc1C)OCCO2. The van der Waals surface area contributed by atoms with Crippen LogP contribution in [0.5, 0.6) is 11.5 Å². The lowest BCUT2D eigenvalue weighted by Crippen LogP contribution is -2.32. The van der Waals surface area contributed by atoms with Gasteiger partial charge in [0.2, 0.25) is 5.91 Å². The van der Waals surface area contributed by atoms with Crippen molar-refractivity contribution < 1.29 is 24.2 Å². The summed E-state index contributed by atoms with van der Waals surface area (Å²) in [7, 11) is 0. The number of aryl methyl sites for hydroxylation is 1. The molecule has 1 aliphatic heterocycles. The average Bonchev–Trinajstić information content (AvgIpc) is 2.35. The number of amides is 1. The second-order valence-electron chi connectivity index (χ2n) is 4.32. The maximum atomic E-state index is 11.3. The van der Waals surface area contributed by atoms with Crippen LogP contribution < -0.4 is 14.8 Å². The van der Waals surface area contributed by atoms with Gasteiger partial charge in [-0.1, -0.05) is 0 Å². The van der Waals surface area contributed by atoms with Crippen molar-refractivity contribution in [2.45, 2.75) is 19.9 Å². The Morgan fingerprint density at radius 2 is 1.84 bits per heavy atom. The summed E-state index contributed by atoms with van der Waals surface area (Å²) < 4.78 is 10.8. The fourth-order valence-electron chi connectivity index (χ4n) is 1.99. The Morgan fingerprint density at radius 1 is 1.26 bits per heavy atom. The first-order chi connectivity index (χ1) is 8.99. The van der Waals surface area contributed by atoms with Crippen LogP contribution in [0.3, 0.4) is 0 Å². The number of hydrogen-bond acceptors (Lipinski definition) is 4. The molecule has 1 aromatic carbocycles. The molecule has 0 aromatic heterocycles. The molecule has 0 radical (unpaired) electrons. The molecule has 0 spiro atoms. The van der Waals surface area contributed by atoms with E-state index in [-0.39, 0.29) is 0 Å². The minimum absolute atomic E-state index is 0.401. The van der Waals surface area contributed by atoms with Crippen LogP contribution in [0.2, 0.25) is 0 Å². The molecule has 102 valence electrons. The van der Waals surface area contributed by atoms with Crippen LogP contribution in [0, 0.1) is 6.92 Å². The lowest BCUT2D eigenvalue weighted by atomic mass is 10.00. The topological polar surface area (TPSA) is 84.9 Å². The third-order valence-electron chi connectivity index (χ3n) is 2.84. The summed E-state index contributed by atoms with van der Waals surface area (Å²) in [4.78, 5) is 22.4. The molecule has 2 rings (SSSR count). The summed E-state index contributed by atoms with van der Waals surface area (Å²) in [5.74, 6) is -0.417. The van der Waals surface area contributed by atoms with E-state index in [4.69, 9.17) is 9.47 Å². The molecule has 1 heterocycles. The molecule has 1 atom stereocenters. The van der Waals surface area contributed by atoms with Gasteiger partial charge in [0.1, 0.15) is 13.2 Å². The number of fused-ring (bicyclic) bond motifs is 1. The highest BCUT2D eigenvalue weighted by atomic mass is 16.6. The molecule has 0 fully saturated rings. The fourth-order valence-corrected chi connectivity index (χ4v) is 1.99. The molecule has 0 bridgehead atoms. The number of carboxylic acid groups (broad SMARTS) is 1. The molecule has 6 heteroatoms. The second kappa shape index (κ2) is 5.17. The van der Waals surface area contributed by atoms with E-state index in [2.05, 4.69) is 5.32 Å². The van der Waals surface area contributed by atoms with Gasteiger partial charge < -0.3 is 19.9 Å². The molecule has 0 saturated carbocycles. The van der Waals surface area contributed by atoms with E-state index < -0.39 is 17.9 Å². The highest BCUT2D eigenvalue weighted by molar-refractivity contribution is 5.83. The largest absolute Gasteiger partial charge is 0.486 e. The van der Waals surface area contributed by atoms with E-state index in [1.165, 1.54) is 6.92 Å². The van der Waals surface area contributed by atoms with Crippen LogP contribution in [0.4, 0.5) is 0 Å². The zero-order valence-corrected chi connectivity index (χ0v) is 10.7. The number of benzene rings is 1. The smallest absolute Gasteiger partial charge is 0.330 e. The molecular formula is C13H15NO5. The average molecular weight is 265 g/mol. The van der Waals surface area contributed by atoms with E-state index >= 15 is 0 Å². The highest BCUT2D eigenvalue weighted by Crippen LogP contribution is 2.35. The maximum absolute atomic E-state index is 11.3. The van der Waals surface area contributed by atoms with E-state index in [1.54, 1.807) is 19.1 Å². The molecule has 19 heavy (non-hydrogen) atoms. The fraction of sp³-hybridized carbons (Fsp3) is 0.385. The van der Waals surface area contributed by atoms with Crippen LogP contribution in [0.25, 0.3) is 0 Å². The summed E-state index contributed by atoms with van der Waals surface area (Å²) in [5.41, 5.74) is 1.22. The molecule has 0 aliphatic carbocycles. The quantitative estimate of drug-likeness (QED) is 0.852. The van der Waals surface area contributed by atoms with Crippen LogP contribution in [-0.2, 0) is 9.59 Å². The van der Waals surface area contributed by atoms with Crippen molar-refractivity contribution in [3.8, 4) is 11.5 Å². The Labute approximate surface area is 110 Å². The molecule has 0 saturated heterocycles. The number of carboxylic acids is 1. The molecular weight excluding hydrogens is 250 g/mol. The minimum atomic E-state index is -1.12. The third-order valence-corrected chi connectivity index (χ3v) is 2.84. The Bertz CT molecular complexity index is 526. The number of nitrogens with one attached hydrogen (secondary N) is 1. The third kappa shape index (κ3) is 2.78. The number of aliphatic carboxylic acids is 1. The first-order valence-electron chi connectivity index (χ1n) is 5.89. The lowest BCUT2D eigenvalue weighted by Gasteiger charge is -2.22. The highest BCUT2D eigenvalue weighted by Gasteiger charge is 2.25. The van der Waals surface area contributed by atoms with E-state index in [9.17, 15) is 14.7 Å². The first-order valence-corrected chi connectivity index (χ1v) is 5.89. The van der Waals surface area contributed by atoms with Gasteiger partial charge in [-0.3, -0.25) is 4.79 Å². The second-order valence-corrected chi connectivity index (χ2v) is 4.32. The Morgan fingerprint density at radius 3 is 2.37 bits per heavy atom. The Kier molecular flexibility index (Phi) is 3.59. The van der Waals surface area contributed by atoms with Crippen LogP contribution in [-0.4, -0.2) is 30.2 Å². The van der Waals surface area contributed by atoms with Gasteiger partial charge in [-0.25, -0.2) is 4.79 Å². The molecule has 1 unspecified atom stereocenters. The van der Waals surface area contributed by atoms with Gasteiger partial charge in [-0.2, -0.15) is 0 Å². The summed E-state index contributed by atoms with van der Waals surface area (Å²) in [6.45, 7) is 3.95. The predicted molar refractivity (Wildman–Crippen MR) is 66.4 cm³/mol. The van der Waals surface area contributed by atoms with Crippen molar-refractivity contribution in [1.29, 1.82) is 0 Å². The van der Waals surface area contributed by atoms with Crippen molar-refractivity contribution in [3.05, 3.63) is 23.3 Å². The molecule has 2 N–H and O–H groups in total. The Hall–Kier alpha value is -2.24. The van der Waals surface area contributed by atoms with Crippen molar-refractivity contribution >= 4 is 11.9 Å². The van der Waals surface area contributed by atoms with Gasteiger partial charge in [0.15, 0.2) is 17.5 Å². The molecule has 1 aliphatic rings. The van der Waals surface area contributed by atoms with Crippen LogP contribution in [0.15, 0.2) is 12.1 Å². The van der Waals surface area contributed by atoms with Gasteiger partial charge in [-0.15, -0.1) is 0 Å². The maximum Gasteiger partial charge on any atom is 0.330 e. The van der Waals surface area contributed by atoms with Crippen molar-refractivity contribution in [3.63, 3.8) is 0 Å². The van der Waals surface area contributed by atoms with Gasteiger partial charge >= 0.3 is 5.97 Å². The lowest BCUT2D eigenvalue weighted by molar-refractivity contribution is -0.141. The monoisotopic (exact) mass is 265 g/mol. The minimum Gasteiger partial charge on any atom is -0.486 e. The zero-order valence-electron chi connectivity index (χ0n) is 10.7. The summed E-state index contributed by atoms with van der Waals surface area (Å²) in [6.07, 6.45) is 0. The summed E-state index contributed by atoms with van der Waals surface area (Å²) in [6, 6.07) is 2.24. The molecule has 1 aromatic rings. The van der Waals surface area contributed by atoms with Crippen molar-refractivity contribution in [1.82, 2.24) is 5.32 Å². The van der Waals surface area contributed by atoms with E-state index in [0.717, 1.165) is 5.56 Å². The van der Waals surface area contributed by atoms with Gasteiger partial charge in [0, 0.05) is 6.92 Å². The summed E-state index contributed by atoms with van der Waals surface area (Å²) >= 11 is 0. The number of carbonyl (C=O) groups excluding carboxylic acids is 1. The van der Waals surface area contributed by atoms with E-state index in [1.807, 2.05) is 0 Å². The predicted octanol–water partition coefficient (Wildman–Crippen LogP) is 1.03. The van der Waals surface area contributed by atoms with E-state index in [0.29, 0.717) is 30.3 Å². The number of ether oxygens (including phenoxy) is 2. The van der Waals surface area contributed by atoms with Crippen LogP contribution in [0.1, 0.15) is 24.1 Å². The van der Waals surface area contributed by atoms with Gasteiger partial charge in [-0.05, 0) is 30.2 Å². The molecule has 1 amide bonds. The summed E-state index contributed by atoms with van der Waals surface area (Å²) in [5, 5.41) is 11.6.